The lowest BCUT2D eigenvalue weighted by atomic mass is 9.92. The molecule has 188 valence electrons. The Bertz CT molecular complexity index is 1650. The number of fused-ring (bicyclic) bond motifs is 2. The number of aliphatic hydroxyl groups excluding tert-OH is 1. The van der Waals surface area contributed by atoms with Crippen LogP contribution in [0.25, 0.3) is 39.0 Å². The molecule has 2 aromatic heterocycles. The summed E-state index contributed by atoms with van der Waals surface area (Å²) in [6.45, 7) is 2.04. The maximum atomic E-state index is 13.7. The third kappa shape index (κ3) is 4.23. The van der Waals surface area contributed by atoms with Crippen LogP contribution < -0.4 is 11.1 Å². The van der Waals surface area contributed by atoms with Gasteiger partial charge in [0.1, 0.15) is 11.6 Å². The van der Waals surface area contributed by atoms with Crippen LogP contribution in [0.15, 0.2) is 60.7 Å². The highest BCUT2D eigenvalue weighted by atomic mass is 19.1. The number of halogens is 1. The quantitative estimate of drug-likeness (QED) is 0.259. The molecule has 8 heteroatoms. The van der Waals surface area contributed by atoms with Gasteiger partial charge < -0.3 is 25.7 Å². The van der Waals surface area contributed by atoms with Gasteiger partial charge in [-0.3, -0.25) is 4.79 Å². The first-order valence-corrected chi connectivity index (χ1v) is 12.5. The number of nitrogens with one attached hydrogen (secondary N) is 2. The normalized spacial score (nSPS) is 17.9. The van der Waals surface area contributed by atoms with E-state index < -0.39 is 5.91 Å². The van der Waals surface area contributed by atoms with Gasteiger partial charge >= 0.3 is 0 Å². The molecule has 37 heavy (non-hydrogen) atoms. The maximum absolute atomic E-state index is 13.7. The molecule has 5 aromatic rings. The minimum Gasteiger partial charge on any atom is -0.393 e. The Morgan fingerprint density at radius 1 is 1.11 bits per heavy atom. The number of hydrogen-bond acceptors (Lipinski definition) is 4. The first-order valence-electron chi connectivity index (χ1n) is 12.5. The maximum Gasteiger partial charge on any atom is 0.250 e. The first-order chi connectivity index (χ1) is 17.9. The smallest absolute Gasteiger partial charge is 0.250 e. The summed E-state index contributed by atoms with van der Waals surface area (Å²) in [6.07, 6.45) is 2.89. The van der Waals surface area contributed by atoms with Crippen LogP contribution in [0.3, 0.4) is 0 Å². The van der Waals surface area contributed by atoms with Crippen molar-refractivity contribution in [1.29, 1.82) is 0 Å². The number of aromatic amines is 1. The Kier molecular flexibility index (Phi) is 5.68. The van der Waals surface area contributed by atoms with Crippen molar-refractivity contribution in [3.8, 4) is 17.1 Å². The molecule has 1 fully saturated rings. The zero-order chi connectivity index (χ0) is 25.7. The highest BCUT2D eigenvalue weighted by molar-refractivity contribution is 6.00. The topological polar surface area (TPSA) is 109 Å². The van der Waals surface area contributed by atoms with Crippen LogP contribution in [0.4, 0.5) is 10.1 Å². The number of aromatic nitrogens is 3. The number of imidazole rings is 1. The number of carbonyl (C=O) groups excluding carboxylic acids is 1. The number of amides is 1. The van der Waals surface area contributed by atoms with Gasteiger partial charge in [0.15, 0.2) is 0 Å². The summed E-state index contributed by atoms with van der Waals surface area (Å²) >= 11 is 0. The Morgan fingerprint density at radius 2 is 1.92 bits per heavy atom. The lowest BCUT2D eigenvalue weighted by molar-refractivity contribution is 0.100. The van der Waals surface area contributed by atoms with Gasteiger partial charge in [0.25, 0.3) is 5.91 Å². The Morgan fingerprint density at radius 3 is 2.70 bits per heavy atom. The van der Waals surface area contributed by atoms with Gasteiger partial charge in [0.05, 0.1) is 28.2 Å². The van der Waals surface area contributed by atoms with Crippen molar-refractivity contribution in [2.24, 2.45) is 5.73 Å². The Hall–Kier alpha value is -4.17. The molecule has 0 atom stereocenters. The van der Waals surface area contributed by atoms with Gasteiger partial charge in [-0.1, -0.05) is 12.1 Å². The minimum absolute atomic E-state index is 0.170. The number of primary amides is 1. The molecular weight excluding hydrogens is 469 g/mol. The summed E-state index contributed by atoms with van der Waals surface area (Å²) in [6, 6.07) is 18.5. The number of H-pyrrole nitrogens is 1. The largest absolute Gasteiger partial charge is 0.393 e. The molecule has 0 spiro atoms. The molecular formula is C29H28FN5O2. The minimum atomic E-state index is -0.484. The first kappa shape index (κ1) is 23.2. The molecule has 0 saturated heterocycles. The molecule has 6 rings (SSSR count). The number of benzene rings is 3. The van der Waals surface area contributed by atoms with E-state index in [9.17, 15) is 14.3 Å². The molecule has 0 radical (unpaired) electrons. The zero-order valence-corrected chi connectivity index (χ0v) is 20.5. The second kappa shape index (κ2) is 9.05. The van der Waals surface area contributed by atoms with Gasteiger partial charge in [-0.15, -0.1) is 0 Å². The molecule has 1 amide bonds. The fourth-order valence-electron chi connectivity index (χ4n) is 5.47. The van der Waals surface area contributed by atoms with E-state index in [4.69, 9.17) is 10.7 Å². The van der Waals surface area contributed by atoms with E-state index in [0.29, 0.717) is 28.1 Å². The predicted molar refractivity (Wildman–Crippen MR) is 143 cm³/mol. The van der Waals surface area contributed by atoms with Crippen molar-refractivity contribution in [1.82, 2.24) is 14.5 Å². The van der Waals surface area contributed by atoms with E-state index in [1.54, 1.807) is 12.1 Å². The van der Waals surface area contributed by atoms with E-state index in [1.807, 2.05) is 37.3 Å². The van der Waals surface area contributed by atoms with Crippen LogP contribution in [-0.4, -0.2) is 37.7 Å². The SMILES string of the molecule is Cc1cc2c(-c3nc4ccc(F)cc4[nH]3)cccc2n1-c1ccc(C(N)=O)c(N[C@H]2CC[C@H](O)CC2)c1. The Balaban J connectivity index is 1.43. The average molecular weight is 498 g/mol. The third-order valence-corrected chi connectivity index (χ3v) is 7.31. The van der Waals surface area contributed by atoms with E-state index in [-0.39, 0.29) is 18.0 Å². The summed E-state index contributed by atoms with van der Waals surface area (Å²) in [4.78, 5) is 20.1. The molecule has 7 nitrogen and oxygen atoms in total. The fraction of sp³-hybridized carbons (Fsp3) is 0.241. The number of anilines is 1. The van der Waals surface area contributed by atoms with E-state index in [1.165, 1.54) is 12.1 Å². The number of hydrogen-bond donors (Lipinski definition) is 4. The number of carbonyl (C=O) groups is 1. The van der Waals surface area contributed by atoms with Crippen LogP contribution in [-0.2, 0) is 0 Å². The van der Waals surface area contributed by atoms with Gasteiger partial charge in [-0.2, -0.15) is 0 Å². The van der Waals surface area contributed by atoms with Crippen LogP contribution in [0, 0.1) is 12.7 Å². The van der Waals surface area contributed by atoms with Crippen molar-refractivity contribution in [3.63, 3.8) is 0 Å². The number of rotatable bonds is 5. The summed E-state index contributed by atoms with van der Waals surface area (Å²) in [5.74, 6) is -0.118. The van der Waals surface area contributed by atoms with Crippen molar-refractivity contribution < 1.29 is 14.3 Å². The van der Waals surface area contributed by atoms with Crippen molar-refractivity contribution in [3.05, 3.63) is 77.7 Å². The predicted octanol–water partition coefficient (Wildman–Crippen LogP) is 5.44. The number of nitrogens with zero attached hydrogens (tertiary/aromatic N) is 2. The van der Waals surface area contributed by atoms with Crippen LogP contribution in [0.1, 0.15) is 41.7 Å². The third-order valence-electron chi connectivity index (χ3n) is 7.31. The Labute approximate surface area is 213 Å². The van der Waals surface area contributed by atoms with Crippen LogP contribution >= 0.6 is 0 Å². The van der Waals surface area contributed by atoms with Crippen LogP contribution in [0.2, 0.25) is 0 Å². The molecule has 0 aliphatic heterocycles. The fourth-order valence-corrected chi connectivity index (χ4v) is 5.47. The molecule has 1 aliphatic rings. The summed E-state index contributed by atoms with van der Waals surface area (Å²) in [5.41, 5.74) is 12.0. The van der Waals surface area contributed by atoms with Gasteiger partial charge in [0, 0.05) is 34.1 Å². The van der Waals surface area contributed by atoms with Gasteiger partial charge in [-0.05, 0) is 81.1 Å². The van der Waals surface area contributed by atoms with Crippen molar-refractivity contribution in [2.75, 3.05) is 5.32 Å². The lowest BCUT2D eigenvalue weighted by Crippen LogP contribution is -2.29. The average Bonchev–Trinajstić information content (AvgIpc) is 3.44. The van der Waals surface area contributed by atoms with E-state index in [0.717, 1.165) is 53.5 Å². The summed E-state index contributed by atoms with van der Waals surface area (Å²) in [7, 11) is 0. The van der Waals surface area contributed by atoms with Gasteiger partial charge in [-0.25, -0.2) is 9.37 Å². The molecule has 5 N–H and O–H groups in total. The van der Waals surface area contributed by atoms with Crippen molar-refractivity contribution in [2.45, 2.75) is 44.8 Å². The second-order valence-corrected chi connectivity index (χ2v) is 9.85. The molecule has 0 unspecified atom stereocenters. The molecule has 2 heterocycles. The number of aliphatic hydroxyl groups is 1. The molecule has 3 aromatic carbocycles. The molecule has 1 aliphatic carbocycles. The molecule has 0 bridgehead atoms. The molecule has 1 saturated carbocycles. The van der Waals surface area contributed by atoms with Crippen molar-refractivity contribution >= 4 is 33.5 Å². The van der Waals surface area contributed by atoms with Crippen LogP contribution in [0.5, 0.6) is 0 Å². The highest BCUT2D eigenvalue weighted by Crippen LogP contribution is 2.34. The summed E-state index contributed by atoms with van der Waals surface area (Å²) in [5, 5.41) is 14.4. The lowest BCUT2D eigenvalue weighted by Gasteiger charge is -2.28. The van der Waals surface area contributed by atoms with E-state index in [2.05, 4.69) is 20.9 Å². The number of nitrogens with two attached hydrogens (primary N) is 1. The zero-order valence-electron chi connectivity index (χ0n) is 20.5. The van der Waals surface area contributed by atoms with E-state index >= 15 is 0 Å². The standard InChI is InChI=1S/C29H28FN5O2/c1-16-13-23-21(29-33-24-12-5-17(30)14-26(24)34-29)3-2-4-27(23)35(16)19-8-11-22(28(31)37)25(15-19)32-18-6-9-20(36)10-7-18/h2-5,8,11-15,18,20,32,36H,6-7,9-10H2,1H3,(H2,31,37)(H,33,34)/t18-,20-. The highest BCUT2D eigenvalue weighted by Gasteiger charge is 2.22. The summed E-state index contributed by atoms with van der Waals surface area (Å²) < 4.78 is 15.9. The number of aryl methyl sites for hydroxylation is 1. The van der Waals surface area contributed by atoms with Gasteiger partial charge in [0.2, 0.25) is 0 Å². The monoisotopic (exact) mass is 497 g/mol. The second-order valence-electron chi connectivity index (χ2n) is 9.85.